The van der Waals surface area contributed by atoms with Crippen LogP contribution < -0.4 is 10.2 Å². The molecule has 0 spiro atoms. The Bertz CT molecular complexity index is 1180. The minimum atomic E-state index is 0.0895. The zero-order chi connectivity index (χ0) is 21.0. The minimum absolute atomic E-state index is 0.0895. The average molecular weight is 413 g/mol. The van der Waals surface area contributed by atoms with Crippen molar-refractivity contribution in [1.82, 2.24) is 29.8 Å². The Balaban J connectivity index is 1.29. The molecule has 4 aromatic heterocycles. The highest BCUT2D eigenvalue weighted by Crippen LogP contribution is 2.26. The van der Waals surface area contributed by atoms with Gasteiger partial charge in [-0.05, 0) is 24.3 Å². The molecule has 0 saturated carbocycles. The molecule has 8 heteroatoms. The Morgan fingerprint density at radius 3 is 2.65 bits per heavy atom. The van der Waals surface area contributed by atoms with Crippen LogP contribution in [-0.2, 0) is 17.8 Å². The molecule has 0 aliphatic carbocycles. The predicted molar refractivity (Wildman–Crippen MR) is 119 cm³/mol. The van der Waals surface area contributed by atoms with Crippen molar-refractivity contribution in [2.45, 2.75) is 13.0 Å². The number of hydrogen-bond donors (Lipinski definition) is 1. The van der Waals surface area contributed by atoms with Crippen molar-refractivity contribution in [1.29, 1.82) is 0 Å². The van der Waals surface area contributed by atoms with Crippen molar-refractivity contribution < 1.29 is 4.79 Å². The normalized spacial score (nSPS) is 14.1. The maximum atomic E-state index is 12.7. The van der Waals surface area contributed by atoms with E-state index >= 15 is 0 Å². The first-order valence-electron chi connectivity index (χ1n) is 10.4. The van der Waals surface area contributed by atoms with E-state index in [1.807, 2.05) is 29.1 Å². The van der Waals surface area contributed by atoms with Gasteiger partial charge >= 0.3 is 0 Å². The van der Waals surface area contributed by atoms with Crippen LogP contribution in [0.25, 0.3) is 22.3 Å². The van der Waals surface area contributed by atoms with Crippen LogP contribution >= 0.6 is 0 Å². The highest BCUT2D eigenvalue weighted by atomic mass is 16.1. The third kappa shape index (κ3) is 4.15. The van der Waals surface area contributed by atoms with Crippen molar-refractivity contribution in [2.24, 2.45) is 0 Å². The van der Waals surface area contributed by atoms with E-state index in [0.29, 0.717) is 0 Å². The van der Waals surface area contributed by atoms with Crippen LogP contribution in [-0.4, -0.2) is 56.5 Å². The molecule has 0 aromatic carbocycles. The minimum Gasteiger partial charge on any atom is -0.368 e. The van der Waals surface area contributed by atoms with Gasteiger partial charge in [0.15, 0.2) is 5.78 Å². The summed E-state index contributed by atoms with van der Waals surface area (Å²) < 4.78 is 1.93. The summed E-state index contributed by atoms with van der Waals surface area (Å²) in [5, 5.41) is 4.47. The fourth-order valence-corrected chi connectivity index (χ4v) is 3.96. The number of fused-ring (bicyclic) bond motifs is 1. The van der Waals surface area contributed by atoms with E-state index in [1.54, 1.807) is 24.8 Å². The van der Waals surface area contributed by atoms with E-state index in [9.17, 15) is 4.79 Å². The third-order valence-electron chi connectivity index (χ3n) is 5.51. The van der Waals surface area contributed by atoms with E-state index in [1.165, 1.54) is 5.69 Å². The molecule has 1 aliphatic heterocycles. The van der Waals surface area contributed by atoms with Crippen LogP contribution in [0.5, 0.6) is 0 Å². The van der Waals surface area contributed by atoms with Gasteiger partial charge in [-0.15, -0.1) is 0 Å². The standard InChI is InChI=1S/C23H23N7O/c31-19(13-18-2-1-17(14-28-18)21-15-25-6-7-26-21)16-30-10-4-20-22(3-5-27-23(20)30)29-11-8-24-9-12-29/h1-7,10,14-15,24H,8-9,11-13,16H2. The van der Waals surface area contributed by atoms with Gasteiger partial charge in [0.2, 0.25) is 0 Å². The van der Waals surface area contributed by atoms with E-state index in [-0.39, 0.29) is 18.7 Å². The number of nitrogens with one attached hydrogen (secondary N) is 1. The quantitative estimate of drug-likeness (QED) is 0.518. The predicted octanol–water partition coefficient (Wildman–Crippen LogP) is 2.11. The molecule has 1 N–H and O–H groups in total. The molecule has 0 radical (unpaired) electrons. The number of nitrogens with zero attached hydrogens (tertiary/aromatic N) is 6. The van der Waals surface area contributed by atoms with Gasteiger partial charge in [0.1, 0.15) is 5.65 Å². The van der Waals surface area contributed by atoms with E-state index in [0.717, 1.165) is 54.2 Å². The van der Waals surface area contributed by atoms with Gasteiger partial charge in [-0.3, -0.25) is 19.7 Å². The second-order valence-electron chi connectivity index (χ2n) is 7.59. The molecule has 0 bridgehead atoms. The Morgan fingerprint density at radius 1 is 0.968 bits per heavy atom. The van der Waals surface area contributed by atoms with Crippen molar-refractivity contribution in [3.05, 3.63) is 67.1 Å². The summed E-state index contributed by atoms with van der Waals surface area (Å²) in [7, 11) is 0. The van der Waals surface area contributed by atoms with Crippen LogP contribution in [0.1, 0.15) is 5.69 Å². The summed E-state index contributed by atoms with van der Waals surface area (Å²) >= 11 is 0. The first kappa shape index (κ1) is 19.3. The van der Waals surface area contributed by atoms with Gasteiger partial charge in [-0.25, -0.2) is 4.98 Å². The maximum absolute atomic E-state index is 12.7. The number of Topliss-reactive ketones (excluding diaryl/α,β-unsaturated/α-hetero) is 1. The lowest BCUT2D eigenvalue weighted by Gasteiger charge is -2.29. The van der Waals surface area contributed by atoms with Gasteiger partial charge in [-0.2, -0.15) is 0 Å². The molecule has 0 amide bonds. The van der Waals surface area contributed by atoms with Crippen molar-refractivity contribution >= 4 is 22.5 Å². The number of ketones is 1. The topological polar surface area (TPSA) is 88.8 Å². The second kappa shape index (κ2) is 8.61. The highest BCUT2D eigenvalue weighted by Gasteiger charge is 2.16. The summed E-state index contributed by atoms with van der Waals surface area (Å²) in [4.78, 5) is 32.4. The molecule has 1 saturated heterocycles. The summed E-state index contributed by atoms with van der Waals surface area (Å²) in [5.74, 6) is 0.0895. The van der Waals surface area contributed by atoms with Crippen molar-refractivity contribution in [3.63, 3.8) is 0 Å². The molecule has 8 nitrogen and oxygen atoms in total. The molecule has 5 heterocycles. The molecular formula is C23H23N7O. The van der Waals surface area contributed by atoms with Gasteiger partial charge in [0.05, 0.1) is 24.9 Å². The molecule has 0 atom stereocenters. The lowest BCUT2D eigenvalue weighted by Crippen LogP contribution is -2.43. The molecule has 5 rings (SSSR count). The maximum Gasteiger partial charge on any atom is 0.158 e. The largest absolute Gasteiger partial charge is 0.368 e. The summed E-state index contributed by atoms with van der Waals surface area (Å²) in [6, 6.07) is 7.91. The van der Waals surface area contributed by atoms with Crippen LogP contribution in [0.4, 0.5) is 5.69 Å². The summed E-state index contributed by atoms with van der Waals surface area (Å²) in [5.41, 5.74) is 4.40. The lowest BCUT2D eigenvalue weighted by molar-refractivity contribution is -0.119. The van der Waals surface area contributed by atoms with Gasteiger partial charge in [0, 0.05) is 79.5 Å². The molecule has 156 valence electrons. The Kier molecular flexibility index (Phi) is 5.37. The van der Waals surface area contributed by atoms with Gasteiger partial charge < -0.3 is 14.8 Å². The molecule has 1 fully saturated rings. The first-order valence-corrected chi connectivity index (χ1v) is 10.4. The lowest BCUT2D eigenvalue weighted by atomic mass is 10.1. The fraction of sp³-hybridized carbons (Fsp3) is 0.261. The van der Waals surface area contributed by atoms with Crippen LogP contribution in [0.2, 0.25) is 0 Å². The summed E-state index contributed by atoms with van der Waals surface area (Å²) in [6.07, 6.45) is 10.8. The number of piperazine rings is 1. The smallest absolute Gasteiger partial charge is 0.158 e. The Hall–Kier alpha value is -3.65. The highest BCUT2D eigenvalue weighted by molar-refractivity contribution is 5.91. The number of anilines is 1. The Morgan fingerprint density at radius 2 is 1.87 bits per heavy atom. The zero-order valence-electron chi connectivity index (χ0n) is 17.1. The molecule has 1 aliphatic rings. The third-order valence-corrected chi connectivity index (χ3v) is 5.51. The monoisotopic (exact) mass is 413 g/mol. The van der Waals surface area contributed by atoms with Crippen LogP contribution in [0.15, 0.2) is 61.4 Å². The van der Waals surface area contributed by atoms with Crippen LogP contribution in [0.3, 0.4) is 0 Å². The molecule has 4 aromatic rings. The van der Waals surface area contributed by atoms with Gasteiger partial charge in [0.25, 0.3) is 0 Å². The zero-order valence-corrected chi connectivity index (χ0v) is 17.1. The number of rotatable bonds is 6. The molecule has 0 unspecified atom stereocenters. The second-order valence-corrected chi connectivity index (χ2v) is 7.59. The number of aromatic nitrogens is 5. The van der Waals surface area contributed by atoms with Crippen molar-refractivity contribution in [3.8, 4) is 11.3 Å². The number of pyridine rings is 2. The SMILES string of the molecule is O=C(Cc1ccc(-c2cnccn2)cn1)Cn1ccc2c(N3CCNCC3)ccnc21. The fourth-order valence-electron chi connectivity index (χ4n) is 3.96. The van der Waals surface area contributed by atoms with Crippen molar-refractivity contribution in [2.75, 3.05) is 31.1 Å². The molecule has 31 heavy (non-hydrogen) atoms. The van der Waals surface area contributed by atoms with E-state index in [4.69, 9.17) is 0 Å². The first-order chi connectivity index (χ1) is 15.3. The number of carbonyl (C=O) groups is 1. The number of hydrogen-bond acceptors (Lipinski definition) is 7. The summed E-state index contributed by atoms with van der Waals surface area (Å²) in [6.45, 7) is 4.17. The number of carbonyl (C=O) groups excluding carboxylic acids is 1. The van der Waals surface area contributed by atoms with Gasteiger partial charge in [-0.1, -0.05) is 0 Å². The van der Waals surface area contributed by atoms with Crippen LogP contribution in [0, 0.1) is 0 Å². The molecular weight excluding hydrogens is 390 g/mol. The average Bonchev–Trinajstić information content (AvgIpc) is 3.23. The Labute approximate surface area is 180 Å². The van der Waals surface area contributed by atoms with E-state index in [2.05, 4.69) is 42.3 Å². The van der Waals surface area contributed by atoms with E-state index < -0.39 is 0 Å².